The van der Waals surface area contributed by atoms with E-state index in [0.29, 0.717) is 0 Å². The van der Waals surface area contributed by atoms with E-state index in [0.717, 1.165) is 12.2 Å². The Bertz CT molecular complexity index is 906. The van der Waals surface area contributed by atoms with Crippen LogP contribution in [0.15, 0.2) is 66.3 Å². The second-order valence-electron chi connectivity index (χ2n) is 5.04. The Labute approximate surface area is 127 Å². The number of thiophene rings is 1. The number of nitrogens with zero attached hydrogens (tertiary/aromatic N) is 1. The van der Waals surface area contributed by atoms with E-state index < -0.39 is 0 Å². The summed E-state index contributed by atoms with van der Waals surface area (Å²) in [6.07, 6.45) is 3.76. The van der Waals surface area contributed by atoms with Gasteiger partial charge in [-0.25, -0.2) is 0 Å². The molecule has 0 saturated heterocycles. The van der Waals surface area contributed by atoms with Crippen molar-refractivity contribution in [2.75, 3.05) is 5.32 Å². The van der Waals surface area contributed by atoms with Crippen LogP contribution in [0.3, 0.4) is 0 Å². The normalized spacial score (nSPS) is 11.0. The molecule has 102 valence electrons. The number of rotatable bonds is 3. The van der Waals surface area contributed by atoms with Crippen LogP contribution in [0.4, 0.5) is 5.69 Å². The average molecular weight is 290 g/mol. The molecule has 0 fully saturated rings. The molecule has 0 amide bonds. The van der Waals surface area contributed by atoms with E-state index in [9.17, 15) is 0 Å². The van der Waals surface area contributed by atoms with E-state index in [1.54, 1.807) is 11.3 Å². The van der Waals surface area contributed by atoms with Crippen molar-refractivity contribution >= 4 is 37.9 Å². The Kier molecular flexibility index (Phi) is 3.05. The highest BCUT2D eigenvalue weighted by Crippen LogP contribution is 2.25. The zero-order valence-electron chi connectivity index (χ0n) is 11.4. The SMILES string of the molecule is c1cc(CNc2ccc3sccc3c2)c2ccncc2c1. The van der Waals surface area contributed by atoms with Gasteiger partial charge in [-0.05, 0) is 52.0 Å². The molecule has 0 saturated carbocycles. The predicted octanol–water partition coefficient (Wildman–Crippen LogP) is 5.06. The number of hydrogen-bond acceptors (Lipinski definition) is 3. The first-order valence-electron chi connectivity index (χ1n) is 6.93. The molecular formula is C18H14N2S. The van der Waals surface area contributed by atoms with E-state index in [1.165, 1.54) is 26.4 Å². The van der Waals surface area contributed by atoms with Gasteiger partial charge >= 0.3 is 0 Å². The molecule has 0 atom stereocenters. The van der Waals surface area contributed by atoms with E-state index in [2.05, 4.69) is 64.2 Å². The lowest BCUT2D eigenvalue weighted by Crippen LogP contribution is -1.99. The fourth-order valence-electron chi connectivity index (χ4n) is 2.62. The summed E-state index contributed by atoms with van der Waals surface area (Å²) in [6.45, 7) is 0.816. The fraction of sp³-hybridized carbons (Fsp3) is 0.0556. The van der Waals surface area contributed by atoms with Crippen molar-refractivity contribution in [2.45, 2.75) is 6.54 Å². The Balaban J connectivity index is 1.63. The highest BCUT2D eigenvalue weighted by Gasteiger charge is 2.01. The molecule has 0 radical (unpaired) electrons. The lowest BCUT2D eigenvalue weighted by molar-refractivity contribution is 1.17. The minimum absolute atomic E-state index is 0.816. The zero-order valence-corrected chi connectivity index (χ0v) is 12.2. The maximum absolute atomic E-state index is 4.18. The number of fused-ring (bicyclic) bond motifs is 2. The maximum Gasteiger partial charge on any atom is 0.0406 e. The molecule has 3 heteroatoms. The molecular weight excluding hydrogens is 276 g/mol. The number of aromatic nitrogens is 1. The number of pyridine rings is 1. The monoisotopic (exact) mass is 290 g/mol. The third-order valence-corrected chi connectivity index (χ3v) is 4.60. The lowest BCUT2D eigenvalue weighted by atomic mass is 10.1. The molecule has 2 aromatic carbocycles. The fourth-order valence-corrected chi connectivity index (χ4v) is 3.39. The first-order valence-corrected chi connectivity index (χ1v) is 7.81. The summed E-state index contributed by atoms with van der Waals surface area (Å²) in [7, 11) is 0. The van der Waals surface area contributed by atoms with Crippen LogP contribution in [0.1, 0.15) is 5.56 Å². The summed E-state index contributed by atoms with van der Waals surface area (Å²) in [5.74, 6) is 0. The molecule has 0 aliphatic heterocycles. The second-order valence-corrected chi connectivity index (χ2v) is 5.99. The molecule has 0 bridgehead atoms. The van der Waals surface area contributed by atoms with Crippen molar-refractivity contribution in [3.63, 3.8) is 0 Å². The van der Waals surface area contributed by atoms with Crippen LogP contribution in [0.25, 0.3) is 20.9 Å². The molecule has 0 aliphatic rings. The van der Waals surface area contributed by atoms with Gasteiger partial charge in [-0.1, -0.05) is 18.2 Å². The van der Waals surface area contributed by atoms with Gasteiger partial charge in [0, 0.05) is 34.7 Å². The van der Waals surface area contributed by atoms with Crippen LogP contribution >= 0.6 is 11.3 Å². The summed E-state index contributed by atoms with van der Waals surface area (Å²) < 4.78 is 1.33. The van der Waals surface area contributed by atoms with Crippen LogP contribution < -0.4 is 5.32 Å². The topological polar surface area (TPSA) is 24.9 Å². The third-order valence-electron chi connectivity index (χ3n) is 3.71. The van der Waals surface area contributed by atoms with E-state index in [4.69, 9.17) is 0 Å². The van der Waals surface area contributed by atoms with Crippen molar-refractivity contribution in [1.29, 1.82) is 0 Å². The van der Waals surface area contributed by atoms with Gasteiger partial charge in [-0.15, -0.1) is 11.3 Å². The summed E-state index contributed by atoms with van der Waals surface area (Å²) in [4.78, 5) is 4.18. The Morgan fingerprint density at radius 1 is 1.00 bits per heavy atom. The summed E-state index contributed by atoms with van der Waals surface area (Å²) >= 11 is 1.78. The minimum Gasteiger partial charge on any atom is -0.381 e. The molecule has 2 aromatic heterocycles. The van der Waals surface area contributed by atoms with Crippen LogP contribution in [0.5, 0.6) is 0 Å². The van der Waals surface area contributed by atoms with Crippen LogP contribution in [0.2, 0.25) is 0 Å². The zero-order chi connectivity index (χ0) is 14.1. The molecule has 0 aliphatic carbocycles. The largest absolute Gasteiger partial charge is 0.381 e. The van der Waals surface area contributed by atoms with Gasteiger partial charge in [0.2, 0.25) is 0 Å². The van der Waals surface area contributed by atoms with Gasteiger partial charge in [-0.2, -0.15) is 0 Å². The Morgan fingerprint density at radius 3 is 3.00 bits per heavy atom. The van der Waals surface area contributed by atoms with Crippen molar-refractivity contribution < 1.29 is 0 Å². The molecule has 2 heterocycles. The predicted molar refractivity (Wildman–Crippen MR) is 90.9 cm³/mol. The summed E-state index contributed by atoms with van der Waals surface area (Å²) in [5, 5.41) is 9.39. The van der Waals surface area contributed by atoms with Crippen molar-refractivity contribution in [2.24, 2.45) is 0 Å². The average Bonchev–Trinajstić information content (AvgIpc) is 3.00. The van der Waals surface area contributed by atoms with Gasteiger partial charge in [0.15, 0.2) is 0 Å². The van der Waals surface area contributed by atoms with Gasteiger partial charge in [0.1, 0.15) is 0 Å². The first-order chi connectivity index (χ1) is 10.4. The summed E-state index contributed by atoms with van der Waals surface area (Å²) in [5.41, 5.74) is 2.45. The molecule has 0 unspecified atom stereocenters. The van der Waals surface area contributed by atoms with Crippen molar-refractivity contribution in [3.05, 3.63) is 71.9 Å². The van der Waals surface area contributed by atoms with Crippen molar-refractivity contribution in [3.8, 4) is 0 Å². The standard InChI is InChI=1S/C18H14N2S/c1-2-14-11-19-8-6-17(14)15(3-1)12-20-16-4-5-18-13(10-16)7-9-21-18/h1-11,20H,12H2. The highest BCUT2D eigenvalue weighted by molar-refractivity contribution is 7.17. The highest BCUT2D eigenvalue weighted by atomic mass is 32.1. The molecule has 4 aromatic rings. The number of hydrogen-bond donors (Lipinski definition) is 1. The first kappa shape index (κ1) is 12.4. The lowest BCUT2D eigenvalue weighted by Gasteiger charge is -2.09. The van der Waals surface area contributed by atoms with Gasteiger partial charge in [0.25, 0.3) is 0 Å². The van der Waals surface area contributed by atoms with Crippen LogP contribution in [-0.2, 0) is 6.54 Å². The third kappa shape index (κ3) is 2.36. The van der Waals surface area contributed by atoms with Gasteiger partial charge < -0.3 is 5.32 Å². The molecule has 0 spiro atoms. The maximum atomic E-state index is 4.18. The van der Waals surface area contributed by atoms with Crippen LogP contribution in [-0.4, -0.2) is 4.98 Å². The van der Waals surface area contributed by atoms with E-state index >= 15 is 0 Å². The smallest absolute Gasteiger partial charge is 0.0406 e. The minimum atomic E-state index is 0.816. The Hall–Kier alpha value is -2.39. The number of anilines is 1. The van der Waals surface area contributed by atoms with Crippen LogP contribution in [0, 0.1) is 0 Å². The second kappa shape index (κ2) is 5.19. The number of benzene rings is 2. The molecule has 1 N–H and O–H groups in total. The Morgan fingerprint density at radius 2 is 2.00 bits per heavy atom. The molecule has 4 rings (SSSR count). The molecule has 2 nitrogen and oxygen atoms in total. The molecule has 21 heavy (non-hydrogen) atoms. The number of nitrogens with one attached hydrogen (secondary N) is 1. The van der Waals surface area contributed by atoms with Crippen molar-refractivity contribution in [1.82, 2.24) is 4.98 Å². The van der Waals surface area contributed by atoms with E-state index in [-0.39, 0.29) is 0 Å². The quantitative estimate of drug-likeness (QED) is 0.570. The summed E-state index contributed by atoms with van der Waals surface area (Å²) in [6, 6.07) is 17.1. The van der Waals surface area contributed by atoms with Gasteiger partial charge in [-0.3, -0.25) is 4.98 Å². The van der Waals surface area contributed by atoms with E-state index in [1.807, 2.05) is 12.4 Å². The van der Waals surface area contributed by atoms with Gasteiger partial charge in [0.05, 0.1) is 0 Å².